The SMILES string of the molecule is COc1cnc(OCCOc2ncnc(NS(=O)(=O)NCc3cccnc3)c2-c2ccc(Br)cc2)nc1. The molecule has 0 unspecified atom stereocenters. The third-order valence-electron chi connectivity index (χ3n) is 4.76. The van der Waals surface area contributed by atoms with E-state index in [1.54, 1.807) is 36.7 Å². The van der Waals surface area contributed by atoms with Crippen molar-refractivity contribution in [3.63, 3.8) is 0 Å². The van der Waals surface area contributed by atoms with Crippen molar-refractivity contribution in [3.05, 3.63) is 77.5 Å². The summed E-state index contributed by atoms with van der Waals surface area (Å²) in [5.74, 6) is 0.723. The van der Waals surface area contributed by atoms with Crippen LogP contribution in [0.4, 0.5) is 5.82 Å². The Morgan fingerprint density at radius 3 is 2.41 bits per heavy atom. The summed E-state index contributed by atoms with van der Waals surface area (Å²) in [7, 11) is -2.47. The molecule has 0 radical (unpaired) electrons. The van der Waals surface area contributed by atoms with E-state index in [0.29, 0.717) is 22.4 Å². The highest BCUT2D eigenvalue weighted by atomic mass is 79.9. The van der Waals surface area contributed by atoms with Crippen molar-refractivity contribution in [1.82, 2.24) is 29.6 Å². The Kier molecular flexibility index (Phi) is 8.77. The first-order chi connectivity index (χ1) is 17.9. The molecule has 0 spiro atoms. The van der Waals surface area contributed by atoms with Gasteiger partial charge in [-0.3, -0.25) is 9.71 Å². The zero-order chi connectivity index (χ0) is 26.1. The van der Waals surface area contributed by atoms with Crippen molar-refractivity contribution in [2.45, 2.75) is 6.54 Å². The molecule has 4 aromatic rings. The molecule has 0 bridgehead atoms. The van der Waals surface area contributed by atoms with Crippen molar-refractivity contribution in [1.29, 1.82) is 0 Å². The van der Waals surface area contributed by atoms with Crippen molar-refractivity contribution >= 4 is 32.0 Å². The monoisotopic (exact) mass is 587 g/mol. The quantitative estimate of drug-likeness (QED) is 0.237. The zero-order valence-electron chi connectivity index (χ0n) is 19.5. The lowest BCUT2D eigenvalue weighted by molar-refractivity contribution is 0.201. The summed E-state index contributed by atoms with van der Waals surface area (Å²) in [4.78, 5) is 20.4. The van der Waals surface area contributed by atoms with Gasteiger partial charge in [-0.15, -0.1) is 0 Å². The predicted molar refractivity (Wildman–Crippen MR) is 138 cm³/mol. The van der Waals surface area contributed by atoms with Crippen molar-refractivity contribution in [2.75, 3.05) is 25.0 Å². The van der Waals surface area contributed by atoms with Crippen molar-refractivity contribution in [3.8, 4) is 28.8 Å². The lowest BCUT2D eigenvalue weighted by Crippen LogP contribution is -2.30. The van der Waals surface area contributed by atoms with Crippen molar-refractivity contribution < 1.29 is 22.6 Å². The summed E-state index contributed by atoms with van der Waals surface area (Å²) in [6.07, 6.45) is 7.37. The Bertz CT molecular complexity index is 1410. The molecule has 37 heavy (non-hydrogen) atoms. The van der Waals surface area contributed by atoms with E-state index in [1.165, 1.54) is 25.8 Å². The van der Waals surface area contributed by atoms with Crippen LogP contribution in [0.25, 0.3) is 11.1 Å². The van der Waals surface area contributed by atoms with E-state index in [1.807, 2.05) is 12.1 Å². The number of ether oxygens (including phenoxy) is 3. The van der Waals surface area contributed by atoms with Gasteiger partial charge in [-0.1, -0.05) is 34.1 Å². The molecule has 3 heterocycles. The topological polar surface area (TPSA) is 150 Å². The van der Waals surface area contributed by atoms with Gasteiger partial charge in [0, 0.05) is 23.4 Å². The van der Waals surface area contributed by atoms with Crippen LogP contribution in [0.15, 0.2) is 72.0 Å². The van der Waals surface area contributed by atoms with Gasteiger partial charge in [-0.25, -0.2) is 9.97 Å². The van der Waals surface area contributed by atoms with Crippen LogP contribution in [0, 0.1) is 0 Å². The molecule has 12 nitrogen and oxygen atoms in total. The third kappa shape index (κ3) is 7.55. The Hall–Kier alpha value is -3.88. The van der Waals surface area contributed by atoms with Crippen LogP contribution in [-0.4, -0.2) is 53.7 Å². The Labute approximate surface area is 221 Å². The van der Waals surface area contributed by atoms with Crippen LogP contribution in [0.5, 0.6) is 17.6 Å². The Balaban J connectivity index is 1.50. The molecule has 4 rings (SSSR count). The lowest BCUT2D eigenvalue weighted by Gasteiger charge is -2.16. The molecule has 192 valence electrons. The third-order valence-corrected chi connectivity index (χ3v) is 6.27. The largest absolute Gasteiger partial charge is 0.494 e. The maximum Gasteiger partial charge on any atom is 0.316 e. The van der Waals surface area contributed by atoms with E-state index in [-0.39, 0.29) is 37.5 Å². The molecule has 0 aliphatic heterocycles. The molecule has 0 saturated heterocycles. The van der Waals surface area contributed by atoms with Crippen LogP contribution in [-0.2, 0) is 16.8 Å². The number of hydrogen-bond donors (Lipinski definition) is 2. The van der Waals surface area contributed by atoms with E-state index in [2.05, 4.69) is 50.3 Å². The molecular formula is C23H22BrN7O5S. The van der Waals surface area contributed by atoms with E-state index >= 15 is 0 Å². The minimum absolute atomic E-state index is 0.0467. The van der Waals surface area contributed by atoms with E-state index < -0.39 is 10.2 Å². The van der Waals surface area contributed by atoms with Gasteiger partial charge in [0.2, 0.25) is 5.88 Å². The minimum Gasteiger partial charge on any atom is -0.494 e. The summed E-state index contributed by atoms with van der Waals surface area (Å²) < 4.78 is 47.7. The summed E-state index contributed by atoms with van der Waals surface area (Å²) in [6, 6.07) is 10.9. The number of hydrogen-bond acceptors (Lipinski definition) is 10. The highest BCUT2D eigenvalue weighted by molar-refractivity contribution is 9.10. The van der Waals surface area contributed by atoms with Gasteiger partial charge in [-0.05, 0) is 29.3 Å². The average molecular weight is 588 g/mol. The molecule has 0 aliphatic carbocycles. The highest BCUT2D eigenvalue weighted by Crippen LogP contribution is 2.35. The molecule has 14 heteroatoms. The summed E-state index contributed by atoms with van der Waals surface area (Å²) in [6.45, 7) is 0.251. The first-order valence-corrected chi connectivity index (χ1v) is 13.1. The lowest BCUT2D eigenvalue weighted by atomic mass is 10.1. The number of methoxy groups -OCH3 is 1. The minimum atomic E-state index is -3.99. The molecule has 1 aromatic carbocycles. The second-order valence-electron chi connectivity index (χ2n) is 7.30. The summed E-state index contributed by atoms with van der Waals surface area (Å²) >= 11 is 3.40. The highest BCUT2D eigenvalue weighted by Gasteiger charge is 2.20. The maximum absolute atomic E-state index is 12.8. The molecule has 0 atom stereocenters. The number of nitrogens with zero attached hydrogens (tertiary/aromatic N) is 5. The number of benzene rings is 1. The summed E-state index contributed by atoms with van der Waals surface area (Å²) in [5.41, 5.74) is 1.71. The number of halogens is 1. The molecular weight excluding hydrogens is 566 g/mol. The second-order valence-corrected chi connectivity index (χ2v) is 9.71. The van der Waals surface area contributed by atoms with Gasteiger partial charge in [0.05, 0.1) is 25.1 Å². The smallest absolute Gasteiger partial charge is 0.316 e. The van der Waals surface area contributed by atoms with Gasteiger partial charge < -0.3 is 14.2 Å². The first kappa shape index (κ1) is 26.2. The Morgan fingerprint density at radius 2 is 1.70 bits per heavy atom. The fraction of sp³-hybridized carbons (Fsp3) is 0.174. The normalized spacial score (nSPS) is 11.1. The van der Waals surface area contributed by atoms with Crippen LogP contribution in [0.1, 0.15) is 5.56 Å². The van der Waals surface area contributed by atoms with Gasteiger partial charge in [0.1, 0.15) is 19.5 Å². The van der Waals surface area contributed by atoms with Gasteiger partial charge >= 0.3 is 16.2 Å². The molecule has 2 N–H and O–H groups in total. The number of rotatable bonds is 12. The molecule has 0 aliphatic rings. The predicted octanol–water partition coefficient (Wildman–Crippen LogP) is 3.00. The number of aromatic nitrogens is 5. The second kappa shape index (κ2) is 12.4. The van der Waals surface area contributed by atoms with Crippen LogP contribution >= 0.6 is 15.9 Å². The summed E-state index contributed by atoms with van der Waals surface area (Å²) in [5, 5.41) is 0. The van der Waals surface area contributed by atoms with Gasteiger partial charge in [-0.2, -0.15) is 23.1 Å². The maximum atomic E-state index is 12.8. The standard InChI is InChI=1S/C23H22BrN7O5S/c1-34-19-13-26-23(27-14-19)36-10-9-35-22-20(17-4-6-18(24)7-5-17)21(28-15-29-22)31-37(32,33)30-12-16-3-2-8-25-11-16/h2-8,11,13-15,30H,9-10,12H2,1H3,(H,28,29,31). The average Bonchev–Trinajstić information content (AvgIpc) is 2.91. The zero-order valence-corrected chi connectivity index (χ0v) is 21.9. The van der Waals surface area contributed by atoms with E-state index in [0.717, 1.165) is 4.47 Å². The van der Waals surface area contributed by atoms with Crippen LogP contribution < -0.4 is 23.7 Å². The molecule has 3 aromatic heterocycles. The molecule has 0 saturated carbocycles. The van der Waals surface area contributed by atoms with Crippen molar-refractivity contribution in [2.24, 2.45) is 0 Å². The van der Waals surface area contributed by atoms with E-state index in [4.69, 9.17) is 14.2 Å². The molecule has 0 fully saturated rings. The first-order valence-electron chi connectivity index (χ1n) is 10.8. The molecule has 0 amide bonds. The van der Waals surface area contributed by atoms with Gasteiger partial charge in [0.15, 0.2) is 11.6 Å². The Morgan fingerprint density at radius 1 is 0.946 bits per heavy atom. The number of anilines is 1. The fourth-order valence-electron chi connectivity index (χ4n) is 3.03. The number of pyridine rings is 1. The number of nitrogens with one attached hydrogen (secondary N) is 2. The van der Waals surface area contributed by atoms with Gasteiger partial charge in [0.25, 0.3) is 0 Å². The van der Waals surface area contributed by atoms with Crippen LogP contribution in [0.3, 0.4) is 0 Å². The fourth-order valence-corrected chi connectivity index (χ4v) is 4.14. The van der Waals surface area contributed by atoms with E-state index in [9.17, 15) is 8.42 Å². The van der Waals surface area contributed by atoms with Crippen LogP contribution in [0.2, 0.25) is 0 Å².